The number of rotatable bonds is 2. The molecule has 1 atom stereocenters. The van der Waals surface area contributed by atoms with E-state index in [1.165, 1.54) is 5.56 Å². The van der Waals surface area contributed by atoms with E-state index in [4.69, 9.17) is 14.2 Å². The van der Waals surface area contributed by atoms with Crippen LogP contribution in [0.2, 0.25) is 0 Å². The van der Waals surface area contributed by atoms with Crippen molar-refractivity contribution in [3.05, 3.63) is 45.6 Å². The molecule has 0 spiro atoms. The minimum atomic E-state index is -0.825. The fourth-order valence-electron chi connectivity index (χ4n) is 2.93. The number of thiophene rings is 1. The summed E-state index contributed by atoms with van der Waals surface area (Å²) in [6.07, 6.45) is 0.841. The highest BCUT2D eigenvalue weighted by atomic mass is 32.1. The first-order valence-corrected chi connectivity index (χ1v) is 8.35. The van der Waals surface area contributed by atoms with E-state index in [-0.39, 0.29) is 6.29 Å². The van der Waals surface area contributed by atoms with Crippen LogP contribution in [0.4, 0.5) is 0 Å². The molecule has 116 valence electrons. The van der Waals surface area contributed by atoms with Crippen molar-refractivity contribution in [1.82, 2.24) is 0 Å². The molecule has 1 unspecified atom stereocenters. The number of ether oxygens (including phenoxy) is 3. The molecule has 5 heteroatoms. The zero-order valence-electron chi connectivity index (χ0n) is 12.4. The molecule has 0 radical (unpaired) electrons. The predicted molar refractivity (Wildman–Crippen MR) is 83.4 cm³/mol. The lowest BCUT2D eigenvalue weighted by atomic mass is 9.86. The summed E-state index contributed by atoms with van der Waals surface area (Å²) in [5.41, 5.74) is 1.26. The Kier molecular flexibility index (Phi) is 3.36. The van der Waals surface area contributed by atoms with Gasteiger partial charge in [0, 0.05) is 26.1 Å². The molecule has 0 saturated carbocycles. The quantitative estimate of drug-likeness (QED) is 0.920. The van der Waals surface area contributed by atoms with Crippen LogP contribution in [0.5, 0.6) is 11.5 Å². The Balaban J connectivity index is 1.59. The maximum atomic E-state index is 10.8. The molecule has 1 aromatic carbocycles. The van der Waals surface area contributed by atoms with Crippen LogP contribution in [-0.4, -0.2) is 18.3 Å². The zero-order chi connectivity index (χ0) is 15.2. The number of hydrogen-bond acceptors (Lipinski definition) is 5. The van der Waals surface area contributed by atoms with Crippen molar-refractivity contribution in [2.45, 2.75) is 31.7 Å². The van der Waals surface area contributed by atoms with Crippen LogP contribution in [0.15, 0.2) is 29.6 Å². The van der Waals surface area contributed by atoms with Gasteiger partial charge in [0.2, 0.25) is 0 Å². The third kappa shape index (κ3) is 2.39. The first kappa shape index (κ1) is 14.1. The molecule has 0 aliphatic carbocycles. The van der Waals surface area contributed by atoms with Gasteiger partial charge in [-0.15, -0.1) is 11.3 Å². The maximum Gasteiger partial charge on any atom is 0.277 e. The van der Waals surface area contributed by atoms with Gasteiger partial charge in [-0.05, 0) is 41.6 Å². The molecule has 1 saturated heterocycles. The number of hydrogen-bond donors (Lipinski definition) is 1. The second-order valence-electron chi connectivity index (χ2n) is 5.90. The van der Waals surface area contributed by atoms with Crippen molar-refractivity contribution < 1.29 is 19.3 Å². The van der Waals surface area contributed by atoms with Crippen molar-refractivity contribution in [3.63, 3.8) is 0 Å². The highest BCUT2D eigenvalue weighted by molar-refractivity contribution is 7.10. The monoisotopic (exact) mass is 318 g/mol. The summed E-state index contributed by atoms with van der Waals surface area (Å²) in [4.78, 5) is 1.06. The Morgan fingerprint density at radius 2 is 1.91 bits per heavy atom. The molecule has 2 aliphatic rings. The molecule has 4 nitrogen and oxygen atoms in total. The van der Waals surface area contributed by atoms with Crippen molar-refractivity contribution in [2.24, 2.45) is 0 Å². The molecule has 2 aliphatic heterocycles. The summed E-state index contributed by atoms with van der Waals surface area (Å²) in [6.45, 7) is 3.23. The highest BCUT2D eigenvalue weighted by Crippen LogP contribution is 2.44. The second kappa shape index (κ2) is 5.26. The van der Waals surface area contributed by atoms with Gasteiger partial charge in [0.1, 0.15) is 0 Å². The molecule has 4 rings (SSSR count). The minimum absolute atomic E-state index is 0.381. The normalized spacial score (nSPS) is 22.7. The SMILES string of the molecule is Cc1csc(C2Oc3ccc(C4(O)CCOCC4)cc3O2)c1. The standard InChI is InChI=1S/C17H18O4S/c1-11-8-15(22-10-11)16-20-13-3-2-12(9-14(13)21-16)17(18)4-6-19-7-5-17/h2-3,8-10,16,18H,4-7H2,1H3. The summed E-state index contributed by atoms with van der Waals surface area (Å²) in [5.74, 6) is 1.43. The number of aryl methyl sites for hydroxylation is 1. The molecule has 0 amide bonds. The van der Waals surface area contributed by atoms with Crippen molar-refractivity contribution in [2.75, 3.05) is 13.2 Å². The number of benzene rings is 1. The number of fused-ring (bicyclic) bond motifs is 1. The van der Waals surface area contributed by atoms with E-state index in [0.29, 0.717) is 31.8 Å². The largest absolute Gasteiger partial charge is 0.446 e. The van der Waals surface area contributed by atoms with Gasteiger partial charge in [-0.3, -0.25) is 0 Å². The fraction of sp³-hybridized carbons (Fsp3) is 0.412. The van der Waals surface area contributed by atoms with Crippen LogP contribution in [0.1, 0.15) is 35.1 Å². The van der Waals surface area contributed by atoms with Crippen molar-refractivity contribution in [3.8, 4) is 11.5 Å². The Hall–Kier alpha value is -1.56. The Bertz CT molecular complexity index is 688. The summed E-state index contributed by atoms with van der Waals surface area (Å²) in [6, 6.07) is 7.80. The van der Waals surface area contributed by atoms with Gasteiger partial charge in [-0.1, -0.05) is 6.07 Å². The van der Waals surface area contributed by atoms with Gasteiger partial charge in [0.15, 0.2) is 11.5 Å². The summed E-state index contributed by atoms with van der Waals surface area (Å²) in [7, 11) is 0. The van der Waals surface area contributed by atoms with E-state index in [1.807, 2.05) is 18.2 Å². The molecule has 1 N–H and O–H groups in total. The third-order valence-corrected chi connectivity index (χ3v) is 5.32. The van der Waals surface area contributed by atoms with Crippen LogP contribution in [0, 0.1) is 6.92 Å². The third-order valence-electron chi connectivity index (χ3n) is 4.25. The first-order chi connectivity index (χ1) is 10.6. The van der Waals surface area contributed by atoms with Crippen LogP contribution in [-0.2, 0) is 10.3 Å². The average Bonchev–Trinajstić information content (AvgIpc) is 3.13. The second-order valence-corrected chi connectivity index (χ2v) is 6.84. The summed E-state index contributed by atoms with van der Waals surface area (Å²) < 4.78 is 17.1. The summed E-state index contributed by atoms with van der Waals surface area (Å²) in [5, 5.41) is 12.9. The number of aliphatic hydroxyl groups is 1. The highest BCUT2D eigenvalue weighted by Gasteiger charge is 2.34. The Morgan fingerprint density at radius 3 is 2.64 bits per heavy atom. The van der Waals surface area contributed by atoms with E-state index in [9.17, 15) is 5.11 Å². The van der Waals surface area contributed by atoms with Gasteiger partial charge in [-0.25, -0.2) is 0 Å². The predicted octanol–water partition coefficient (Wildman–Crippen LogP) is 3.52. The van der Waals surface area contributed by atoms with Gasteiger partial charge < -0.3 is 19.3 Å². The van der Waals surface area contributed by atoms with Gasteiger partial charge in [0.05, 0.1) is 10.5 Å². The van der Waals surface area contributed by atoms with Gasteiger partial charge in [0.25, 0.3) is 6.29 Å². The lowest BCUT2D eigenvalue weighted by Crippen LogP contribution is -2.33. The van der Waals surface area contributed by atoms with Crippen LogP contribution in [0.25, 0.3) is 0 Å². The van der Waals surface area contributed by atoms with E-state index in [0.717, 1.165) is 16.2 Å². The van der Waals surface area contributed by atoms with Crippen molar-refractivity contribution in [1.29, 1.82) is 0 Å². The Morgan fingerprint density at radius 1 is 1.14 bits per heavy atom. The van der Waals surface area contributed by atoms with Crippen LogP contribution >= 0.6 is 11.3 Å². The lowest BCUT2D eigenvalue weighted by molar-refractivity contribution is -0.0680. The van der Waals surface area contributed by atoms with Crippen LogP contribution in [0.3, 0.4) is 0 Å². The molecular weight excluding hydrogens is 300 g/mol. The average molecular weight is 318 g/mol. The molecule has 22 heavy (non-hydrogen) atoms. The van der Waals surface area contributed by atoms with Gasteiger partial charge in [-0.2, -0.15) is 0 Å². The lowest BCUT2D eigenvalue weighted by Gasteiger charge is -2.32. The van der Waals surface area contributed by atoms with E-state index in [2.05, 4.69) is 18.4 Å². The smallest absolute Gasteiger partial charge is 0.277 e. The molecule has 1 aromatic heterocycles. The topological polar surface area (TPSA) is 47.9 Å². The first-order valence-electron chi connectivity index (χ1n) is 7.47. The van der Waals surface area contributed by atoms with E-state index >= 15 is 0 Å². The zero-order valence-corrected chi connectivity index (χ0v) is 13.2. The molecular formula is C17H18O4S. The van der Waals surface area contributed by atoms with Gasteiger partial charge >= 0.3 is 0 Å². The molecule has 3 heterocycles. The summed E-state index contributed by atoms with van der Waals surface area (Å²) >= 11 is 1.63. The van der Waals surface area contributed by atoms with Crippen molar-refractivity contribution >= 4 is 11.3 Å². The minimum Gasteiger partial charge on any atom is -0.446 e. The molecule has 1 fully saturated rings. The van der Waals surface area contributed by atoms with Crippen LogP contribution < -0.4 is 9.47 Å². The molecule has 2 aromatic rings. The fourth-order valence-corrected chi connectivity index (χ4v) is 3.78. The van der Waals surface area contributed by atoms with E-state index < -0.39 is 5.60 Å². The Labute approximate surface area is 133 Å². The van der Waals surface area contributed by atoms with E-state index in [1.54, 1.807) is 11.3 Å². The maximum absolute atomic E-state index is 10.8. The molecule has 0 bridgehead atoms.